The van der Waals surface area contributed by atoms with Crippen molar-refractivity contribution in [2.45, 2.75) is 39.7 Å². The summed E-state index contributed by atoms with van der Waals surface area (Å²) in [5.41, 5.74) is 3.85. The number of hydrogen-bond acceptors (Lipinski definition) is 4. The quantitative estimate of drug-likeness (QED) is 0.722. The molecule has 1 N–H and O–H groups in total. The summed E-state index contributed by atoms with van der Waals surface area (Å²) in [4.78, 5) is 0. The van der Waals surface area contributed by atoms with Crippen LogP contribution in [0.3, 0.4) is 0 Å². The zero-order chi connectivity index (χ0) is 18.0. The molecule has 0 radical (unpaired) electrons. The Bertz CT molecular complexity index is 852. The van der Waals surface area contributed by atoms with Gasteiger partial charge < -0.3 is 5.32 Å². The van der Waals surface area contributed by atoms with E-state index in [1.54, 1.807) is 0 Å². The molecular weight excluding hydrogens is 334 g/mol. The van der Waals surface area contributed by atoms with E-state index < -0.39 is 5.54 Å². The molecule has 25 heavy (non-hydrogen) atoms. The molecule has 0 aliphatic rings. The maximum atomic E-state index is 5.99. The van der Waals surface area contributed by atoms with Gasteiger partial charge in [-0.1, -0.05) is 36.7 Å². The summed E-state index contributed by atoms with van der Waals surface area (Å²) in [6.07, 6.45) is 0.820. The van der Waals surface area contributed by atoms with Crippen LogP contribution in [0, 0.1) is 13.8 Å². The molecule has 3 aromatic rings. The van der Waals surface area contributed by atoms with Gasteiger partial charge in [-0.3, -0.25) is 0 Å². The number of nitrogens with zero attached hydrogens (tertiary/aromatic N) is 4. The number of rotatable bonds is 5. The van der Waals surface area contributed by atoms with Crippen LogP contribution in [0.5, 0.6) is 0 Å². The summed E-state index contributed by atoms with van der Waals surface area (Å²) >= 11 is 5.99. The van der Waals surface area contributed by atoms with Gasteiger partial charge in [-0.2, -0.15) is 4.68 Å². The first-order chi connectivity index (χ1) is 11.9. The molecule has 130 valence electrons. The third-order valence-electron chi connectivity index (χ3n) is 4.59. The van der Waals surface area contributed by atoms with Crippen LogP contribution in [-0.4, -0.2) is 20.2 Å². The van der Waals surface area contributed by atoms with Gasteiger partial charge in [-0.15, -0.1) is 5.10 Å². The highest BCUT2D eigenvalue weighted by molar-refractivity contribution is 6.30. The van der Waals surface area contributed by atoms with Crippen molar-refractivity contribution in [2.24, 2.45) is 0 Å². The number of para-hydroxylation sites is 1. The second-order valence-electron chi connectivity index (χ2n) is 6.47. The summed E-state index contributed by atoms with van der Waals surface area (Å²) in [7, 11) is 0. The third-order valence-corrected chi connectivity index (χ3v) is 4.84. The van der Waals surface area contributed by atoms with E-state index >= 15 is 0 Å². The van der Waals surface area contributed by atoms with Crippen molar-refractivity contribution in [2.75, 3.05) is 5.32 Å². The lowest BCUT2D eigenvalue weighted by molar-refractivity contribution is 0.474. The zero-order valence-electron chi connectivity index (χ0n) is 14.9. The largest absolute Gasteiger partial charge is 0.373 e. The number of hydrogen-bond donors (Lipinski definition) is 1. The minimum Gasteiger partial charge on any atom is -0.373 e. The lowest BCUT2D eigenvalue weighted by Gasteiger charge is -2.30. The Kier molecular flexibility index (Phi) is 4.77. The Hall–Kier alpha value is -2.40. The van der Waals surface area contributed by atoms with E-state index in [1.807, 2.05) is 35.0 Å². The molecule has 0 aliphatic carbocycles. The Morgan fingerprint density at radius 2 is 1.72 bits per heavy atom. The van der Waals surface area contributed by atoms with Crippen LogP contribution < -0.4 is 5.32 Å². The van der Waals surface area contributed by atoms with E-state index in [0.29, 0.717) is 5.02 Å². The molecule has 0 saturated carbocycles. The van der Waals surface area contributed by atoms with Gasteiger partial charge in [0.1, 0.15) is 0 Å². The SMILES string of the molecule is CC[C@@](C)(Nc1ccc(Cl)cc1)c1nnnn1-c1c(C)cccc1C. The molecule has 5 nitrogen and oxygen atoms in total. The maximum Gasteiger partial charge on any atom is 0.181 e. The number of benzene rings is 2. The number of tetrazole rings is 1. The molecule has 0 unspecified atom stereocenters. The van der Waals surface area contributed by atoms with Gasteiger partial charge in [0.15, 0.2) is 5.82 Å². The van der Waals surface area contributed by atoms with Crippen LogP contribution in [0.2, 0.25) is 5.02 Å². The molecule has 6 heteroatoms. The predicted octanol–water partition coefficient (Wildman–Crippen LogP) is 4.67. The molecule has 2 aromatic carbocycles. The standard InChI is InChI=1S/C19H22ClN5/c1-5-19(4,21-16-11-9-15(20)10-12-16)18-22-23-24-25(18)17-13(2)7-6-8-14(17)3/h6-12,21H,5H2,1-4H3/t19-/m1/s1. The van der Waals surface area contributed by atoms with Crippen molar-refractivity contribution in [3.63, 3.8) is 0 Å². The molecule has 1 atom stereocenters. The molecule has 0 aliphatic heterocycles. The molecule has 0 fully saturated rings. The first-order valence-corrected chi connectivity index (χ1v) is 8.71. The molecule has 0 bridgehead atoms. The molecule has 3 rings (SSSR count). The van der Waals surface area contributed by atoms with Crippen LogP contribution in [0.25, 0.3) is 5.69 Å². The monoisotopic (exact) mass is 355 g/mol. The van der Waals surface area contributed by atoms with Crippen molar-refractivity contribution in [3.05, 3.63) is 64.4 Å². The molecule has 1 heterocycles. The topological polar surface area (TPSA) is 55.6 Å². The molecule has 0 amide bonds. The minimum absolute atomic E-state index is 0.425. The fourth-order valence-corrected chi connectivity index (χ4v) is 3.10. The highest BCUT2D eigenvalue weighted by Crippen LogP contribution is 2.30. The lowest BCUT2D eigenvalue weighted by atomic mass is 9.96. The van der Waals surface area contributed by atoms with Crippen molar-refractivity contribution in [1.29, 1.82) is 0 Å². The van der Waals surface area contributed by atoms with Gasteiger partial charge >= 0.3 is 0 Å². The van der Waals surface area contributed by atoms with E-state index in [9.17, 15) is 0 Å². The third kappa shape index (κ3) is 3.37. The Morgan fingerprint density at radius 1 is 1.08 bits per heavy atom. The van der Waals surface area contributed by atoms with Crippen molar-refractivity contribution < 1.29 is 0 Å². The van der Waals surface area contributed by atoms with Gasteiger partial charge in [-0.25, -0.2) is 0 Å². The molecule has 0 spiro atoms. The van der Waals surface area contributed by atoms with E-state index in [-0.39, 0.29) is 0 Å². The summed E-state index contributed by atoms with van der Waals surface area (Å²) in [6, 6.07) is 13.9. The summed E-state index contributed by atoms with van der Waals surface area (Å²) < 4.78 is 1.84. The van der Waals surface area contributed by atoms with Gasteiger partial charge in [0.2, 0.25) is 0 Å². The Labute approximate surface area is 153 Å². The maximum absolute atomic E-state index is 5.99. The van der Waals surface area contributed by atoms with E-state index in [4.69, 9.17) is 11.6 Å². The second-order valence-corrected chi connectivity index (χ2v) is 6.91. The number of anilines is 1. The van der Waals surface area contributed by atoms with Crippen molar-refractivity contribution in [3.8, 4) is 5.69 Å². The highest BCUT2D eigenvalue weighted by atomic mass is 35.5. The van der Waals surface area contributed by atoms with Gasteiger partial charge in [-0.05, 0) is 73.0 Å². The average molecular weight is 356 g/mol. The fourth-order valence-electron chi connectivity index (χ4n) is 2.98. The van der Waals surface area contributed by atoms with E-state index in [2.05, 4.69) is 60.7 Å². The van der Waals surface area contributed by atoms with E-state index in [1.165, 1.54) is 0 Å². The first-order valence-electron chi connectivity index (χ1n) is 8.34. The van der Waals surface area contributed by atoms with E-state index in [0.717, 1.165) is 34.7 Å². The number of aromatic nitrogens is 4. The average Bonchev–Trinajstić information content (AvgIpc) is 3.07. The Morgan fingerprint density at radius 3 is 2.32 bits per heavy atom. The minimum atomic E-state index is -0.425. The van der Waals surface area contributed by atoms with Gasteiger partial charge in [0.25, 0.3) is 0 Å². The van der Waals surface area contributed by atoms with Gasteiger partial charge in [0.05, 0.1) is 11.2 Å². The number of nitrogens with one attached hydrogen (secondary N) is 1. The summed E-state index contributed by atoms with van der Waals surface area (Å²) in [6.45, 7) is 8.37. The normalized spacial score (nSPS) is 13.5. The first kappa shape index (κ1) is 17.4. The molecular formula is C19H22ClN5. The van der Waals surface area contributed by atoms with Crippen LogP contribution in [0.15, 0.2) is 42.5 Å². The lowest BCUT2D eigenvalue weighted by Crippen LogP contribution is -2.34. The van der Waals surface area contributed by atoms with Crippen LogP contribution in [0.1, 0.15) is 37.2 Å². The smallest absolute Gasteiger partial charge is 0.181 e. The van der Waals surface area contributed by atoms with Crippen LogP contribution in [-0.2, 0) is 5.54 Å². The molecule has 1 aromatic heterocycles. The van der Waals surface area contributed by atoms with Crippen LogP contribution >= 0.6 is 11.6 Å². The predicted molar refractivity (Wildman–Crippen MR) is 101 cm³/mol. The van der Waals surface area contributed by atoms with Crippen molar-refractivity contribution >= 4 is 17.3 Å². The fraction of sp³-hybridized carbons (Fsp3) is 0.316. The summed E-state index contributed by atoms with van der Waals surface area (Å²) in [5.74, 6) is 0.780. The number of halogens is 1. The van der Waals surface area contributed by atoms with Crippen LogP contribution in [0.4, 0.5) is 5.69 Å². The summed E-state index contributed by atoms with van der Waals surface area (Å²) in [5, 5.41) is 16.8. The number of aryl methyl sites for hydroxylation is 2. The second kappa shape index (κ2) is 6.84. The Balaban J connectivity index is 2.05. The zero-order valence-corrected chi connectivity index (χ0v) is 15.7. The van der Waals surface area contributed by atoms with Gasteiger partial charge in [0, 0.05) is 10.7 Å². The highest BCUT2D eigenvalue weighted by Gasteiger charge is 2.32. The van der Waals surface area contributed by atoms with Crippen molar-refractivity contribution in [1.82, 2.24) is 20.2 Å². The molecule has 0 saturated heterocycles.